The number of benzene rings is 1. The number of amides is 1. The van der Waals surface area contributed by atoms with Crippen LogP contribution in [0.2, 0.25) is 0 Å². The van der Waals surface area contributed by atoms with Crippen LogP contribution in [0, 0.1) is 13.8 Å². The van der Waals surface area contributed by atoms with Gasteiger partial charge >= 0.3 is 0 Å². The Kier molecular flexibility index (Phi) is 4.81. The Bertz CT molecular complexity index is 612. The minimum atomic E-state index is -0.141. The molecule has 4 nitrogen and oxygen atoms in total. The summed E-state index contributed by atoms with van der Waals surface area (Å²) in [6.45, 7) is 8.68. The fourth-order valence-corrected chi connectivity index (χ4v) is 2.08. The normalized spacial score (nSPS) is 10.9. The summed E-state index contributed by atoms with van der Waals surface area (Å²) in [6, 6.07) is 10.1. The topological polar surface area (TPSA) is 54.3 Å². The van der Waals surface area contributed by atoms with Crippen LogP contribution in [0.3, 0.4) is 0 Å². The minimum Gasteiger partial charge on any atom is -0.466 e. The Morgan fingerprint density at radius 2 is 1.86 bits per heavy atom. The highest BCUT2D eigenvalue weighted by Gasteiger charge is 2.13. The van der Waals surface area contributed by atoms with Gasteiger partial charge in [-0.25, -0.2) is 0 Å². The summed E-state index contributed by atoms with van der Waals surface area (Å²) in [5.74, 6) is 1.24. The van der Waals surface area contributed by atoms with Crippen molar-refractivity contribution in [1.82, 2.24) is 5.32 Å². The van der Waals surface area contributed by atoms with E-state index in [-0.39, 0.29) is 5.91 Å². The summed E-state index contributed by atoms with van der Waals surface area (Å²) in [6.07, 6.45) is 0. The van der Waals surface area contributed by atoms with E-state index in [9.17, 15) is 4.79 Å². The number of carbonyl (C=O) groups is 1. The Hall–Kier alpha value is -2.07. The van der Waals surface area contributed by atoms with Gasteiger partial charge < -0.3 is 15.1 Å². The van der Waals surface area contributed by atoms with Gasteiger partial charge in [0.2, 0.25) is 0 Å². The highest BCUT2D eigenvalue weighted by molar-refractivity contribution is 6.05. The third-order valence-electron chi connectivity index (χ3n) is 3.21. The summed E-state index contributed by atoms with van der Waals surface area (Å²) in [4.78, 5) is 12.2. The monoisotopic (exact) mass is 286 g/mol. The zero-order chi connectivity index (χ0) is 15.4. The summed E-state index contributed by atoms with van der Waals surface area (Å²) < 4.78 is 5.38. The molecular weight excluding hydrogens is 264 g/mol. The average Bonchev–Trinajstić information content (AvgIpc) is 2.77. The van der Waals surface area contributed by atoms with Crippen LogP contribution in [0.1, 0.15) is 41.3 Å². The number of anilines is 1. The molecule has 112 valence electrons. The molecule has 0 atom stereocenters. The van der Waals surface area contributed by atoms with Gasteiger partial charge in [-0.05, 0) is 37.6 Å². The molecule has 1 aromatic carbocycles. The highest BCUT2D eigenvalue weighted by atomic mass is 16.3. The molecule has 0 radical (unpaired) electrons. The molecule has 0 fully saturated rings. The van der Waals surface area contributed by atoms with Crippen molar-refractivity contribution in [2.75, 3.05) is 5.32 Å². The first-order valence-electron chi connectivity index (χ1n) is 7.16. The highest BCUT2D eigenvalue weighted by Crippen LogP contribution is 2.16. The van der Waals surface area contributed by atoms with E-state index in [0.717, 1.165) is 18.0 Å². The van der Waals surface area contributed by atoms with E-state index in [4.69, 9.17) is 4.42 Å². The van der Waals surface area contributed by atoms with Gasteiger partial charge in [0.25, 0.3) is 5.91 Å². The molecule has 0 saturated carbocycles. The van der Waals surface area contributed by atoms with E-state index in [1.165, 1.54) is 5.56 Å². The molecule has 1 amide bonds. The number of furan rings is 1. The van der Waals surface area contributed by atoms with Crippen molar-refractivity contribution in [3.63, 3.8) is 0 Å². The molecule has 2 aromatic rings. The zero-order valence-corrected chi connectivity index (χ0v) is 13.0. The lowest BCUT2D eigenvalue weighted by molar-refractivity contribution is 0.102. The van der Waals surface area contributed by atoms with Crippen LogP contribution < -0.4 is 10.6 Å². The minimum absolute atomic E-state index is 0.141. The molecule has 1 aromatic heterocycles. The third-order valence-corrected chi connectivity index (χ3v) is 3.21. The largest absolute Gasteiger partial charge is 0.466 e. The van der Waals surface area contributed by atoms with Gasteiger partial charge in [-0.3, -0.25) is 4.79 Å². The summed E-state index contributed by atoms with van der Waals surface area (Å²) in [5.41, 5.74) is 2.56. The van der Waals surface area contributed by atoms with Crippen LogP contribution in [0.15, 0.2) is 34.7 Å². The average molecular weight is 286 g/mol. The molecule has 0 bridgehead atoms. The lowest BCUT2D eigenvalue weighted by Crippen LogP contribution is -2.21. The van der Waals surface area contributed by atoms with Gasteiger partial charge in [-0.15, -0.1) is 0 Å². The lowest BCUT2D eigenvalue weighted by Gasteiger charge is -2.09. The maximum absolute atomic E-state index is 12.2. The number of nitrogens with one attached hydrogen (secondary N) is 2. The van der Waals surface area contributed by atoms with Gasteiger partial charge in [-0.1, -0.05) is 26.0 Å². The first kappa shape index (κ1) is 15.3. The van der Waals surface area contributed by atoms with Crippen molar-refractivity contribution in [2.45, 2.75) is 40.3 Å². The van der Waals surface area contributed by atoms with E-state index in [1.807, 2.05) is 31.2 Å². The fraction of sp³-hybridized carbons (Fsp3) is 0.353. The Morgan fingerprint density at radius 1 is 1.19 bits per heavy atom. The molecule has 0 unspecified atom stereocenters. The second-order valence-electron chi connectivity index (χ2n) is 5.51. The molecule has 0 saturated heterocycles. The van der Waals surface area contributed by atoms with Crippen molar-refractivity contribution in [1.29, 1.82) is 0 Å². The lowest BCUT2D eigenvalue weighted by atomic mass is 10.2. The van der Waals surface area contributed by atoms with Crippen molar-refractivity contribution < 1.29 is 9.21 Å². The molecule has 4 heteroatoms. The molecule has 0 aliphatic carbocycles. The maximum atomic E-state index is 12.2. The molecule has 0 aliphatic heterocycles. The van der Waals surface area contributed by atoms with E-state index in [2.05, 4.69) is 24.5 Å². The maximum Gasteiger partial charge on any atom is 0.259 e. The zero-order valence-electron chi connectivity index (χ0n) is 13.0. The van der Waals surface area contributed by atoms with E-state index >= 15 is 0 Å². The molecular formula is C17H22N2O2. The summed E-state index contributed by atoms with van der Waals surface area (Å²) >= 11 is 0. The van der Waals surface area contributed by atoms with Crippen LogP contribution in [-0.2, 0) is 6.54 Å². The van der Waals surface area contributed by atoms with Gasteiger partial charge in [0.05, 0.1) is 5.56 Å². The van der Waals surface area contributed by atoms with Crippen molar-refractivity contribution in [3.05, 3.63) is 53.0 Å². The third kappa shape index (κ3) is 4.20. The van der Waals surface area contributed by atoms with Crippen molar-refractivity contribution in [3.8, 4) is 0 Å². The first-order chi connectivity index (χ1) is 9.95. The van der Waals surface area contributed by atoms with Gasteiger partial charge in [0.1, 0.15) is 11.5 Å². The second-order valence-corrected chi connectivity index (χ2v) is 5.51. The molecule has 1 heterocycles. The number of carbonyl (C=O) groups excluding carboxylic acids is 1. The van der Waals surface area contributed by atoms with Gasteiger partial charge in [0.15, 0.2) is 0 Å². The molecule has 21 heavy (non-hydrogen) atoms. The SMILES string of the molecule is Cc1cc(C(=O)Nc2ccc(CNC(C)C)cc2)c(C)o1. The fourth-order valence-electron chi connectivity index (χ4n) is 2.08. The Morgan fingerprint density at radius 3 is 2.38 bits per heavy atom. The van der Waals surface area contributed by atoms with Gasteiger partial charge in [-0.2, -0.15) is 0 Å². The van der Waals surface area contributed by atoms with Crippen LogP contribution in [0.5, 0.6) is 0 Å². The second kappa shape index (κ2) is 6.59. The molecule has 0 aliphatic rings. The van der Waals surface area contributed by atoms with Crippen LogP contribution >= 0.6 is 0 Å². The van der Waals surface area contributed by atoms with E-state index < -0.39 is 0 Å². The molecule has 2 rings (SSSR count). The number of aryl methyl sites for hydroxylation is 2. The number of rotatable bonds is 5. The predicted molar refractivity (Wildman–Crippen MR) is 84.6 cm³/mol. The van der Waals surface area contributed by atoms with Crippen LogP contribution in [0.25, 0.3) is 0 Å². The molecule has 2 N–H and O–H groups in total. The predicted octanol–water partition coefficient (Wildman–Crippen LogP) is 3.65. The Labute approximate surface area is 125 Å². The van der Waals surface area contributed by atoms with E-state index in [0.29, 0.717) is 17.4 Å². The summed E-state index contributed by atoms with van der Waals surface area (Å²) in [5, 5.41) is 6.24. The molecule has 0 spiro atoms. The van der Waals surface area contributed by atoms with Crippen LogP contribution in [-0.4, -0.2) is 11.9 Å². The van der Waals surface area contributed by atoms with Gasteiger partial charge in [0, 0.05) is 18.3 Å². The number of hydrogen-bond acceptors (Lipinski definition) is 3. The van der Waals surface area contributed by atoms with Crippen molar-refractivity contribution in [2.24, 2.45) is 0 Å². The quantitative estimate of drug-likeness (QED) is 0.882. The van der Waals surface area contributed by atoms with E-state index in [1.54, 1.807) is 13.0 Å². The Balaban J connectivity index is 2.00. The summed E-state index contributed by atoms with van der Waals surface area (Å²) in [7, 11) is 0. The standard InChI is InChI=1S/C17H22N2O2/c1-11(2)18-10-14-5-7-15(8-6-14)19-17(20)16-9-12(3)21-13(16)4/h5-9,11,18H,10H2,1-4H3,(H,19,20). The first-order valence-corrected chi connectivity index (χ1v) is 7.16. The smallest absolute Gasteiger partial charge is 0.259 e. The van der Waals surface area contributed by atoms with Crippen molar-refractivity contribution >= 4 is 11.6 Å². The van der Waals surface area contributed by atoms with Crippen LogP contribution in [0.4, 0.5) is 5.69 Å². The number of hydrogen-bond donors (Lipinski definition) is 2.